The number of carbonyl (C=O) groups excluding carboxylic acids is 1. The summed E-state index contributed by atoms with van der Waals surface area (Å²) in [5.74, 6) is 0.0806. The van der Waals surface area contributed by atoms with Gasteiger partial charge in [0.1, 0.15) is 11.6 Å². The van der Waals surface area contributed by atoms with Gasteiger partial charge in [-0.1, -0.05) is 37.3 Å². The summed E-state index contributed by atoms with van der Waals surface area (Å²) in [5.41, 5.74) is 1.17. The number of nitrogens with one attached hydrogen (secondary N) is 1. The highest BCUT2D eigenvalue weighted by molar-refractivity contribution is 9.10. The van der Waals surface area contributed by atoms with Crippen molar-refractivity contribution in [2.24, 2.45) is 0 Å². The molecule has 0 saturated carbocycles. The van der Waals surface area contributed by atoms with Gasteiger partial charge in [0.15, 0.2) is 6.10 Å². The largest absolute Gasteiger partial charge is 0.480 e. The molecular formula is C18H19BrFNO2. The Morgan fingerprint density at radius 1 is 1.22 bits per heavy atom. The Morgan fingerprint density at radius 3 is 2.57 bits per heavy atom. The Labute approximate surface area is 144 Å². The fourth-order valence-electron chi connectivity index (χ4n) is 2.11. The molecule has 0 radical (unpaired) electrons. The molecule has 0 bridgehead atoms. The Morgan fingerprint density at radius 2 is 1.91 bits per heavy atom. The lowest BCUT2D eigenvalue weighted by molar-refractivity contribution is -0.127. The predicted octanol–water partition coefficient (Wildman–Crippen LogP) is 4.28. The summed E-state index contributed by atoms with van der Waals surface area (Å²) in [6, 6.07) is 14.1. The third-order valence-electron chi connectivity index (χ3n) is 3.52. The topological polar surface area (TPSA) is 38.3 Å². The van der Waals surface area contributed by atoms with Crippen molar-refractivity contribution in [2.75, 3.05) is 6.54 Å². The fraction of sp³-hybridized carbons (Fsp3) is 0.278. The number of rotatable bonds is 6. The van der Waals surface area contributed by atoms with Gasteiger partial charge in [-0.3, -0.25) is 4.79 Å². The van der Waals surface area contributed by atoms with E-state index in [-0.39, 0.29) is 17.6 Å². The summed E-state index contributed by atoms with van der Waals surface area (Å²) in [6.45, 7) is 4.25. The van der Waals surface area contributed by atoms with Crippen LogP contribution in [0.1, 0.15) is 25.3 Å². The van der Waals surface area contributed by atoms with Crippen LogP contribution in [-0.2, 0) is 4.79 Å². The van der Waals surface area contributed by atoms with Crippen LogP contribution in [0, 0.1) is 5.82 Å². The van der Waals surface area contributed by atoms with Gasteiger partial charge < -0.3 is 10.1 Å². The standard InChI is InChI=1S/C18H19BrFNO2/c1-12(14-6-4-3-5-7-14)11-21-18(22)13(2)23-17-9-8-15(20)10-16(17)19/h3-10,12-13H,11H2,1-2H3,(H,21,22). The number of halogens is 2. The number of carbonyl (C=O) groups is 1. The van der Waals surface area contributed by atoms with Gasteiger partial charge in [0.2, 0.25) is 0 Å². The molecule has 3 nitrogen and oxygen atoms in total. The molecule has 0 aliphatic heterocycles. The van der Waals surface area contributed by atoms with Gasteiger partial charge in [0, 0.05) is 6.54 Å². The summed E-state index contributed by atoms with van der Waals surface area (Å²) in [6.07, 6.45) is -0.667. The first-order valence-electron chi connectivity index (χ1n) is 7.41. The van der Waals surface area contributed by atoms with Crippen molar-refractivity contribution >= 4 is 21.8 Å². The smallest absolute Gasteiger partial charge is 0.260 e. The Hall–Kier alpha value is -1.88. The minimum absolute atomic E-state index is 0.205. The maximum Gasteiger partial charge on any atom is 0.260 e. The molecule has 122 valence electrons. The molecule has 0 aromatic heterocycles. The summed E-state index contributed by atoms with van der Waals surface area (Å²) in [7, 11) is 0. The molecule has 23 heavy (non-hydrogen) atoms. The van der Waals surface area contributed by atoms with Gasteiger partial charge in [-0.2, -0.15) is 0 Å². The second-order valence-electron chi connectivity index (χ2n) is 5.39. The van der Waals surface area contributed by atoms with Gasteiger partial charge in [-0.15, -0.1) is 0 Å². The van der Waals surface area contributed by atoms with E-state index in [2.05, 4.69) is 28.2 Å². The van der Waals surface area contributed by atoms with Crippen LogP contribution in [0.4, 0.5) is 4.39 Å². The van der Waals surface area contributed by atoms with E-state index in [1.54, 1.807) is 6.92 Å². The monoisotopic (exact) mass is 379 g/mol. The minimum Gasteiger partial charge on any atom is -0.480 e. The highest BCUT2D eigenvalue weighted by atomic mass is 79.9. The van der Waals surface area contributed by atoms with Crippen LogP contribution in [0.3, 0.4) is 0 Å². The highest BCUT2D eigenvalue weighted by Crippen LogP contribution is 2.26. The molecule has 0 heterocycles. The Bertz CT molecular complexity index is 663. The summed E-state index contributed by atoms with van der Waals surface area (Å²) < 4.78 is 19.1. The molecule has 2 atom stereocenters. The van der Waals surface area contributed by atoms with Crippen LogP contribution in [0.5, 0.6) is 5.75 Å². The zero-order valence-electron chi connectivity index (χ0n) is 13.1. The summed E-state index contributed by atoms with van der Waals surface area (Å²) >= 11 is 3.22. The second-order valence-corrected chi connectivity index (χ2v) is 6.25. The van der Waals surface area contributed by atoms with Gasteiger partial charge in [-0.25, -0.2) is 4.39 Å². The van der Waals surface area contributed by atoms with E-state index in [1.807, 2.05) is 30.3 Å². The minimum atomic E-state index is -0.667. The average Bonchev–Trinajstić information content (AvgIpc) is 2.55. The molecule has 5 heteroatoms. The molecule has 0 spiro atoms. The summed E-state index contributed by atoms with van der Waals surface area (Å²) in [4.78, 5) is 12.1. The molecule has 0 saturated heterocycles. The van der Waals surface area contributed by atoms with Crippen molar-refractivity contribution in [3.63, 3.8) is 0 Å². The first-order valence-corrected chi connectivity index (χ1v) is 8.21. The molecule has 1 N–H and O–H groups in total. The zero-order chi connectivity index (χ0) is 16.8. The van der Waals surface area contributed by atoms with E-state index in [1.165, 1.54) is 23.8 Å². The molecule has 1 amide bonds. The predicted molar refractivity (Wildman–Crippen MR) is 92.1 cm³/mol. The Kier molecular flexibility index (Phi) is 6.16. The quantitative estimate of drug-likeness (QED) is 0.813. The number of hydrogen-bond donors (Lipinski definition) is 1. The van der Waals surface area contributed by atoms with Crippen molar-refractivity contribution < 1.29 is 13.9 Å². The van der Waals surface area contributed by atoms with Gasteiger partial charge in [0.05, 0.1) is 4.47 Å². The zero-order valence-corrected chi connectivity index (χ0v) is 14.6. The SMILES string of the molecule is CC(Oc1ccc(F)cc1Br)C(=O)NCC(C)c1ccccc1. The molecule has 0 fully saturated rings. The highest BCUT2D eigenvalue weighted by Gasteiger charge is 2.17. The molecule has 0 aliphatic carbocycles. The van der Waals surface area contributed by atoms with Crippen molar-refractivity contribution in [2.45, 2.75) is 25.9 Å². The molecule has 2 aromatic carbocycles. The van der Waals surface area contributed by atoms with Crippen LogP contribution < -0.4 is 10.1 Å². The summed E-state index contributed by atoms with van der Waals surface area (Å²) in [5, 5.41) is 2.88. The Balaban J connectivity index is 1.87. The number of hydrogen-bond acceptors (Lipinski definition) is 2. The third-order valence-corrected chi connectivity index (χ3v) is 4.14. The number of benzene rings is 2. The molecule has 2 rings (SSSR count). The van der Waals surface area contributed by atoms with E-state index in [0.717, 1.165) is 0 Å². The van der Waals surface area contributed by atoms with Crippen LogP contribution in [-0.4, -0.2) is 18.6 Å². The number of amides is 1. The van der Waals surface area contributed by atoms with Crippen molar-refractivity contribution in [1.82, 2.24) is 5.32 Å². The van der Waals surface area contributed by atoms with Crippen LogP contribution in [0.2, 0.25) is 0 Å². The van der Waals surface area contributed by atoms with E-state index in [0.29, 0.717) is 16.8 Å². The van der Waals surface area contributed by atoms with Crippen LogP contribution >= 0.6 is 15.9 Å². The molecule has 0 aliphatic rings. The van der Waals surface area contributed by atoms with Crippen molar-refractivity contribution in [3.8, 4) is 5.75 Å². The maximum absolute atomic E-state index is 13.0. The number of ether oxygens (including phenoxy) is 1. The lowest BCUT2D eigenvalue weighted by atomic mass is 10.0. The normalized spacial score (nSPS) is 13.2. The second kappa shape index (κ2) is 8.11. The van der Waals surface area contributed by atoms with Gasteiger partial charge in [0.25, 0.3) is 5.91 Å². The van der Waals surface area contributed by atoms with E-state index in [4.69, 9.17) is 4.74 Å². The van der Waals surface area contributed by atoms with E-state index in [9.17, 15) is 9.18 Å². The van der Waals surface area contributed by atoms with Gasteiger partial charge in [-0.05, 0) is 52.5 Å². The molecular weight excluding hydrogens is 361 g/mol. The van der Waals surface area contributed by atoms with E-state index < -0.39 is 6.10 Å². The first-order chi connectivity index (χ1) is 11.0. The average molecular weight is 380 g/mol. The third kappa shape index (κ3) is 5.06. The lowest BCUT2D eigenvalue weighted by Crippen LogP contribution is -2.38. The van der Waals surface area contributed by atoms with Crippen molar-refractivity contribution in [1.29, 1.82) is 0 Å². The first kappa shape index (κ1) is 17.5. The maximum atomic E-state index is 13.0. The van der Waals surface area contributed by atoms with Gasteiger partial charge >= 0.3 is 0 Å². The van der Waals surface area contributed by atoms with Crippen molar-refractivity contribution in [3.05, 3.63) is 64.4 Å². The van der Waals surface area contributed by atoms with Crippen LogP contribution in [0.25, 0.3) is 0 Å². The van der Waals surface area contributed by atoms with Crippen LogP contribution in [0.15, 0.2) is 53.0 Å². The lowest BCUT2D eigenvalue weighted by Gasteiger charge is -2.18. The molecule has 2 unspecified atom stereocenters. The van der Waals surface area contributed by atoms with E-state index >= 15 is 0 Å². The fourth-order valence-corrected chi connectivity index (χ4v) is 2.56. The molecule has 2 aromatic rings.